The molecule has 2 aromatic carbocycles. The van der Waals surface area contributed by atoms with Crippen molar-refractivity contribution in [3.8, 4) is 34.2 Å². The number of aromatic nitrogens is 3. The Labute approximate surface area is 134 Å². The van der Waals surface area contributed by atoms with E-state index >= 15 is 0 Å². The normalized spacial score (nSPS) is 10.4. The molecular formula is C17H17N3O3. The van der Waals surface area contributed by atoms with E-state index in [1.807, 2.05) is 42.5 Å². The fourth-order valence-corrected chi connectivity index (χ4v) is 2.42. The first-order chi connectivity index (χ1) is 11.3. The van der Waals surface area contributed by atoms with Crippen LogP contribution in [0.1, 0.15) is 0 Å². The molecule has 0 atom stereocenters. The second-order valence-electron chi connectivity index (χ2n) is 4.78. The molecule has 0 amide bonds. The maximum Gasteiger partial charge on any atom is 0.203 e. The van der Waals surface area contributed by atoms with Crippen molar-refractivity contribution in [3.05, 3.63) is 48.7 Å². The molecule has 0 N–H and O–H groups in total. The molecule has 0 bridgehead atoms. The van der Waals surface area contributed by atoms with Gasteiger partial charge in [0.05, 0.1) is 38.9 Å². The molecule has 0 spiro atoms. The molecule has 1 aromatic heterocycles. The molecule has 1 heterocycles. The van der Waals surface area contributed by atoms with E-state index in [0.29, 0.717) is 17.2 Å². The number of benzene rings is 2. The third-order valence-corrected chi connectivity index (χ3v) is 3.51. The molecular weight excluding hydrogens is 294 g/mol. The summed E-state index contributed by atoms with van der Waals surface area (Å²) in [4.78, 5) is 0. The summed E-state index contributed by atoms with van der Waals surface area (Å²) in [6, 6.07) is 13.6. The van der Waals surface area contributed by atoms with Crippen LogP contribution in [0.25, 0.3) is 16.9 Å². The fraction of sp³-hybridized carbons (Fsp3) is 0.176. The first-order valence-electron chi connectivity index (χ1n) is 7.05. The summed E-state index contributed by atoms with van der Waals surface area (Å²) < 4.78 is 17.9. The van der Waals surface area contributed by atoms with Crippen LogP contribution in [0, 0.1) is 0 Å². The lowest BCUT2D eigenvalue weighted by molar-refractivity contribution is 0.324. The average molecular weight is 311 g/mol. The van der Waals surface area contributed by atoms with Crippen LogP contribution >= 0.6 is 0 Å². The average Bonchev–Trinajstić information content (AvgIpc) is 3.10. The van der Waals surface area contributed by atoms with Gasteiger partial charge in [0.15, 0.2) is 11.5 Å². The summed E-state index contributed by atoms with van der Waals surface area (Å²) in [7, 11) is 4.74. The Morgan fingerprint density at radius 3 is 2.09 bits per heavy atom. The molecule has 23 heavy (non-hydrogen) atoms. The summed E-state index contributed by atoms with van der Waals surface area (Å²) in [5, 5.41) is 8.21. The minimum Gasteiger partial charge on any atom is -0.493 e. The van der Waals surface area contributed by atoms with Crippen molar-refractivity contribution in [3.63, 3.8) is 0 Å². The Bertz CT molecular complexity index is 775. The lowest BCUT2D eigenvalue weighted by Crippen LogP contribution is -2.02. The van der Waals surface area contributed by atoms with Crippen LogP contribution in [-0.4, -0.2) is 36.3 Å². The number of nitrogens with zero attached hydrogens (tertiary/aromatic N) is 3. The van der Waals surface area contributed by atoms with Crippen molar-refractivity contribution in [2.24, 2.45) is 0 Å². The van der Waals surface area contributed by atoms with E-state index in [-0.39, 0.29) is 0 Å². The zero-order valence-electron chi connectivity index (χ0n) is 13.2. The highest BCUT2D eigenvalue weighted by molar-refractivity contribution is 5.64. The van der Waals surface area contributed by atoms with Crippen LogP contribution in [0.5, 0.6) is 17.2 Å². The summed E-state index contributed by atoms with van der Waals surface area (Å²) in [5.41, 5.74) is 2.67. The van der Waals surface area contributed by atoms with Crippen molar-refractivity contribution in [2.75, 3.05) is 21.3 Å². The number of rotatable bonds is 5. The van der Waals surface area contributed by atoms with Gasteiger partial charge in [0, 0.05) is 17.7 Å². The Morgan fingerprint density at radius 1 is 0.870 bits per heavy atom. The molecule has 0 fully saturated rings. The smallest absolute Gasteiger partial charge is 0.203 e. The summed E-state index contributed by atoms with van der Waals surface area (Å²) >= 11 is 0. The lowest BCUT2D eigenvalue weighted by Gasteiger charge is -2.15. The van der Waals surface area contributed by atoms with Crippen LogP contribution in [0.15, 0.2) is 48.7 Å². The first kappa shape index (κ1) is 14.9. The van der Waals surface area contributed by atoms with E-state index in [9.17, 15) is 0 Å². The van der Waals surface area contributed by atoms with Gasteiger partial charge in [-0.2, -0.15) is 0 Å². The summed E-state index contributed by atoms with van der Waals surface area (Å²) in [6.45, 7) is 0. The monoisotopic (exact) mass is 311 g/mol. The van der Waals surface area contributed by atoms with Crippen molar-refractivity contribution in [2.45, 2.75) is 0 Å². The SMILES string of the molecule is COc1cc(-n2nncc2-c2ccccc2)cc(OC)c1OC. The molecule has 118 valence electrons. The van der Waals surface area contributed by atoms with Crippen molar-refractivity contribution >= 4 is 0 Å². The second kappa shape index (κ2) is 6.39. The highest BCUT2D eigenvalue weighted by Gasteiger charge is 2.16. The maximum atomic E-state index is 5.40. The van der Waals surface area contributed by atoms with Crippen LogP contribution in [0.3, 0.4) is 0 Å². The highest BCUT2D eigenvalue weighted by atomic mass is 16.5. The van der Waals surface area contributed by atoms with Gasteiger partial charge in [-0.25, -0.2) is 4.68 Å². The van der Waals surface area contributed by atoms with Gasteiger partial charge in [-0.3, -0.25) is 0 Å². The number of hydrogen-bond donors (Lipinski definition) is 0. The van der Waals surface area contributed by atoms with Gasteiger partial charge in [-0.05, 0) is 0 Å². The summed E-state index contributed by atoms with van der Waals surface area (Å²) in [6.07, 6.45) is 1.72. The topological polar surface area (TPSA) is 58.4 Å². The van der Waals surface area contributed by atoms with E-state index < -0.39 is 0 Å². The predicted molar refractivity (Wildman–Crippen MR) is 86.5 cm³/mol. The van der Waals surface area contributed by atoms with Crippen molar-refractivity contribution in [1.82, 2.24) is 15.0 Å². The van der Waals surface area contributed by atoms with Crippen molar-refractivity contribution < 1.29 is 14.2 Å². The highest BCUT2D eigenvalue weighted by Crippen LogP contribution is 2.39. The zero-order valence-corrected chi connectivity index (χ0v) is 13.2. The number of methoxy groups -OCH3 is 3. The third-order valence-electron chi connectivity index (χ3n) is 3.51. The largest absolute Gasteiger partial charge is 0.493 e. The second-order valence-corrected chi connectivity index (χ2v) is 4.78. The van der Waals surface area contributed by atoms with Crippen LogP contribution in [0.4, 0.5) is 0 Å². The first-order valence-corrected chi connectivity index (χ1v) is 7.05. The van der Waals surface area contributed by atoms with E-state index in [2.05, 4.69) is 10.3 Å². The molecule has 0 aliphatic rings. The van der Waals surface area contributed by atoms with Gasteiger partial charge in [0.2, 0.25) is 5.75 Å². The number of ether oxygens (including phenoxy) is 3. The third kappa shape index (κ3) is 2.70. The van der Waals surface area contributed by atoms with Gasteiger partial charge in [0.25, 0.3) is 0 Å². The van der Waals surface area contributed by atoms with E-state index in [1.54, 1.807) is 32.2 Å². The lowest BCUT2D eigenvalue weighted by atomic mass is 10.1. The molecule has 6 heteroatoms. The van der Waals surface area contributed by atoms with E-state index in [1.165, 1.54) is 0 Å². The van der Waals surface area contributed by atoms with Gasteiger partial charge in [0.1, 0.15) is 0 Å². The summed E-state index contributed by atoms with van der Waals surface area (Å²) in [5.74, 6) is 1.67. The molecule has 0 unspecified atom stereocenters. The molecule has 0 saturated heterocycles. The Hall–Kier alpha value is -3.02. The van der Waals surface area contributed by atoms with Crippen molar-refractivity contribution in [1.29, 1.82) is 0 Å². The quantitative estimate of drug-likeness (QED) is 0.725. The molecule has 3 rings (SSSR count). The Balaban J connectivity index is 2.15. The van der Waals surface area contributed by atoms with Gasteiger partial charge >= 0.3 is 0 Å². The molecule has 0 radical (unpaired) electrons. The van der Waals surface area contributed by atoms with Gasteiger partial charge in [-0.1, -0.05) is 35.5 Å². The predicted octanol–water partition coefficient (Wildman–Crippen LogP) is 2.96. The van der Waals surface area contributed by atoms with E-state index in [0.717, 1.165) is 16.9 Å². The minimum atomic E-state index is 0.542. The molecule has 3 aromatic rings. The van der Waals surface area contributed by atoms with Crippen LogP contribution in [-0.2, 0) is 0 Å². The fourth-order valence-electron chi connectivity index (χ4n) is 2.42. The Morgan fingerprint density at radius 2 is 1.52 bits per heavy atom. The molecule has 6 nitrogen and oxygen atoms in total. The standard InChI is InChI=1S/C17H17N3O3/c1-21-15-9-13(10-16(22-2)17(15)23-3)20-14(11-18-19-20)12-7-5-4-6-8-12/h4-11H,1-3H3. The number of hydrogen-bond acceptors (Lipinski definition) is 5. The Kier molecular flexibility index (Phi) is 4.14. The minimum absolute atomic E-state index is 0.542. The van der Waals surface area contributed by atoms with Gasteiger partial charge < -0.3 is 14.2 Å². The van der Waals surface area contributed by atoms with Crippen LogP contribution in [0.2, 0.25) is 0 Å². The van der Waals surface area contributed by atoms with Crippen LogP contribution < -0.4 is 14.2 Å². The maximum absolute atomic E-state index is 5.40. The molecule has 0 saturated carbocycles. The zero-order chi connectivity index (χ0) is 16.2. The molecule has 0 aliphatic carbocycles. The van der Waals surface area contributed by atoms with Gasteiger partial charge in [-0.15, -0.1) is 5.10 Å². The molecule has 0 aliphatic heterocycles. The van der Waals surface area contributed by atoms with E-state index in [4.69, 9.17) is 14.2 Å².